The maximum atomic E-state index is 12.1. The van der Waals surface area contributed by atoms with Crippen molar-refractivity contribution in [2.75, 3.05) is 13.1 Å². The standard InChI is InChI=1S/C14H22N2O4/c1-4-14(3,12(17)18)10-15-13(19)16(5-2)9-11-7-6-8-20-11/h6-8H,4-5,9-10H2,1-3H3,(H,15,19)(H,17,18). The molecular weight excluding hydrogens is 260 g/mol. The van der Waals surface area contributed by atoms with Gasteiger partial charge in [-0.25, -0.2) is 4.79 Å². The van der Waals surface area contributed by atoms with Gasteiger partial charge in [-0.05, 0) is 32.4 Å². The molecule has 2 amide bonds. The van der Waals surface area contributed by atoms with Crippen LogP contribution in [0.4, 0.5) is 4.79 Å². The van der Waals surface area contributed by atoms with E-state index in [0.717, 1.165) is 0 Å². The molecule has 0 fully saturated rings. The van der Waals surface area contributed by atoms with Gasteiger partial charge in [0.2, 0.25) is 0 Å². The van der Waals surface area contributed by atoms with E-state index in [-0.39, 0.29) is 12.6 Å². The van der Waals surface area contributed by atoms with Crippen molar-refractivity contribution in [1.82, 2.24) is 10.2 Å². The molecule has 2 N–H and O–H groups in total. The number of carbonyl (C=O) groups excluding carboxylic acids is 1. The van der Waals surface area contributed by atoms with Gasteiger partial charge in [0, 0.05) is 13.1 Å². The van der Waals surface area contributed by atoms with Crippen LogP contribution in [0.5, 0.6) is 0 Å². The van der Waals surface area contributed by atoms with Gasteiger partial charge in [0.05, 0.1) is 18.2 Å². The third-order valence-corrected chi connectivity index (χ3v) is 3.52. The van der Waals surface area contributed by atoms with Crippen molar-refractivity contribution < 1.29 is 19.1 Å². The molecule has 0 bridgehead atoms. The summed E-state index contributed by atoms with van der Waals surface area (Å²) in [5.41, 5.74) is -0.945. The van der Waals surface area contributed by atoms with Crippen LogP contribution in [0, 0.1) is 5.41 Å². The normalized spacial score (nSPS) is 13.6. The number of rotatable bonds is 7. The predicted octanol–water partition coefficient (Wildman–Crippen LogP) is 2.31. The monoisotopic (exact) mass is 282 g/mol. The number of aliphatic carboxylic acids is 1. The van der Waals surface area contributed by atoms with E-state index in [1.165, 1.54) is 0 Å². The molecular formula is C14H22N2O4. The van der Waals surface area contributed by atoms with Crippen molar-refractivity contribution in [3.05, 3.63) is 24.2 Å². The lowest BCUT2D eigenvalue weighted by Gasteiger charge is -2.26. The Morgan fingerprint density at radius 3 is 2.60 bits per heavy atom. The highest BCUT2D eigenvalue weighted by Crippen LogP contribution is 2.20. The highest BCUT2D eigenvalue weighted by atomic mass is 16.4. The van der Waals surface area contributed by atoms with E-state index in [4.69, 9.17) is 9.52 Å². The van der Waals surface area contributed by atoms with Crippen LogP contribution in [-0.4, -0.2) is 35.1 Å². The molecule has 0 saturated heterocycles. The second-order valence-corrected chi connectivity index (χ2v) is 4.97. The molecule has 0 saturated carbocycles. The van der Waals surface area contributed by atoms with Gasteiger partial charge >= 0.3 is 12.0 Å². The molecule has 6 heteroatoms. The minimum Gasteiger partial charge on any atom is -0.481 e. The Morgan fingerprint density at radius 2 is 2.15 bits per heavy atom. The summed E-state index contributed by atoms with van der Waals surface area (Å²) >= 11 is 0. The molecule has 0 radical (unpaired) electrons. The molecule has 0 aliphatic rings. The summed E-state index contributed by atoms with van der Waals surface area (Å²) in [4.78, 5) is 24.8. The highest BCUT2D eigenvalue weighted by molar-refractivity contribution is 5.77. The zero-order chi connectivity index (χ0) is 15.2. The van der Waals surface area contributed by atoms with Crippen LogP contribution < -0.4 is 5.32 Å². The molecule has 0 aliphatic heterocycles. The third kappa shape index (κ3) is 4.01. The van der Waals surface area contributed by atoms with Crippen molar-refractivity contribution in [1.29, 1.82) is 0 Å². The van der Waals surface area contributed by atoms with E-state index >= 15 is 0 Å². The number of amides is 2. The molecule has 1 aromatic heterocycles. The molecule has 1 unspecified atom stereocenters. The lowest BCUT2D eigenvalue weighted by Crippen LogP contribution is -2.46. The molecule has 6 nitrogen and oxygen atoms in total. The molecule has 0 aromatic carbocycles. The Bertz CT molecular complexity index is 444. The SMILES string of the molecule is CCN(Cc1ccco1)C(=O)NCC(C)(CC)C(=O)O. The average molecular weight is 282 g/mol. The summed E-state index contributed by atoms with van der Waals surface area (Å²) < 4.78 is 5.21. The van der Waals surface area contributed by atoms with Gasteiger partial charge in [0.25, 0.3) is 0 Å². The first kappa shape index (κ1) is 16.1. The van der Waals surface area contributed by atoms with Gasteiger partial charge in [-0.2, -0.15) is 0 Å². The lowest BCUT2D eigenvalue weighted by atomic mass is 9.88. The van der Waals surface area contributed by atoms with Crippen LogP contribution in [0.15, 0.2) is 22.8 Å². The number of carbonyl (C=O) groups is 2. The number of urea groups is 1. The smallest absolute Gasteiger partial charge is 0.317 e. The summed E-state index contributed by atoms with van der Waals surface area (Å²) in [5, 5.41) is 11.9. The molecule has 20 heavy (non-hydrogen) atoms. The zero-order valence-corrected chi connectivity index (χ0v) is 12.2. The van der Waals surface area contributed by atoms with Crippen molar-refractivity contribution in [2.45, 2.75) is 33.7 Å². The number of hydrogen-bond acceptors (Lipinski definition) is 3. The zero-order valence-electron chi connectivity index (χ0n) is 12.2. The fraction of sp³-hybridized carbons (Fsp3) is 0.571. The van der Waals surface area contributed by atoms with E-state index in [1.54, 1.807) is 37.1 Å². The molecule has 0 aliphatic carbocycles. The van der Waals surface area contributed by atoms with Crippen LogP contribution in [-0.2, 0) is 11.3 Å². The Labute approximate surface area is 118 Å². The van der Waals surface area contributed by atoms with Gasteiger partial charge in [0.1, 0.15) is 5.76 Å². The van der Waals surface area contributed by atoms with Gasteiger partial charge in [-0.15, -0.1) is 0 Å². The Kier molecular flexibility index (Phi) is 5.61. The first-order valence-corrected chi connectivity index (χ1v) is 6.71. The van der Waals surface area contributed by atoms with Crippen LogP contribution in [0.25, 0.3) is 0 Å². The van der Waals surface area contributed by atoms with E-state index in [2.05, 4.69) is 5.32 Å². The summed E-state index contributed by atoms with van der Waals surface area (Å²) in [6.07, 6.45) is 2.01. The first-order valence-electron chi connectivity index (χ1n) is 6.71. The maximum absolute atomic E-state index is 12.1. The number of nitrogens with zero attached hydrogens (tertiary/aromatic N) is 1. The predicted molar refractivity (Wildman–Crippen MR) is 74.2 cm³/mol. The second kappa shape index (κ2) is 6.98. The Balaban J connectivity index is 2.57. The molecule has 1 aromatic rings. The van der Waals surface area contributed by atoms with Crippen LogP contribution in [0.1, 0.15) is 33.0 Å². The summed E-state index contributed by atoms with van der Waals surface area (Å²) in [6, 6.07) is 3.27. The van der Waals surface area contributed by atoms with Crippen molar-refractivity contribution in [3.63, 3.8) is 0 Å². The van der Waals surface area contributed by atoms with Gasteiger partial charge < -0.3 is 19.7 Å². The average Bonchev–Trinajstić information content (AvgIpc) is 2.94. The highest BCUT2D eigenvalue weighted by Gasteiger charge is 2.32. The lowest BCUT2D eigenvalue weighted by molar-refractivity contribution is -0.147. The van der Waals surface area contributed by atoms with Crippen LogP contribution >= 0.6 is 0 Å². The topological polar surface area (TPSA) is 82.8 Å². The minimum absolute atomic E-state index is 0.103. The van der Waals surface area contributed by atoms with Crippen molar-refractivity contribution in [2.24, 2.45) is 5.41 Å². The van der Waals surface area contributed by atoms with Gasteiger partial charge in [0.15, 0.2) is 0 Å². The van der Waals surface area contributed by atoms with E-state index in [0.29, 0.717) is 25.3 Å². The third-order valence-electron chi connectivity index (χ3n) is 3.52. The van der Waals surface area contributed by atoms with Crippen LogP contribution in [0.3, 0.4) is 0 Å². The van der Waals surface area contributed by atoms with Crippen molar-refractivity contribution in [3.8, 4) is 0 Å². The first-order chi connectivity index (χ1) is 9.42. The number of hydrogen-bond donors (Lipinski definition) is 2. The second-order valence-electron chi connectivity index (χ2n) is 4.97. The molecule has 1 heterocycles. The summed E-state index contributed by atoms with van der Waals surface area (Å²) in [6.45, 7) is 6.26. The largest absolute Gasteiger partial charge is 0.481 e. The molecule has 0 spiro atoms. The Morgan fingerprint density at radius 1 is 1.45 bits per heavy atom. The number of carboxylic acid groups (broad SMARTS) is 1. The number of nitrogens with one attached hydrogen (secondary N) is 1. The minimum atomic E-state index is -0.945. The van der Waals surface area contributed by atoms with E-state index in [9.17, 15) is 9.59 Å². The van der Waals surface area contributed by atoms with E-state index < -0.39 is 11.4 Å². The molecule has 1 atom stereocenters. The van der Waals surface area contributed by atoms with Crippen molar-refractivity contribution >= 4 is 12.0 Å². The summed E-state index contributed by atoms with van der Waals surface area (Å²) in [7, 11) is 0. The maximum Gasteiger partial charge on any atom is 0.317 e. The Hall–Kier alpha value is -1.98. The van der Waals surface area contributed by atoms with Gasteiger partial charge in [-0.3, -0.25) is 4.79 Å². The fourth-order valence-corrected chi connectivity index (χ4v) is 1.65. The van der Waals surface area contributed by atoms with Gasteiger partial charge in [-0.1, -0.05) is 6.92 Å². The number of carboxylic acids is 1. The molecule has 1 rings (SSSR count). The molecule has 112 valence electrons. The number of furan rings is 1. The fourth-order valence-electron chi connectivity index (χ4n) is 1.65. The van der Waals surface area contributed by atoms with Crippen LogP contribution in [0.2, 0.25) is 0 Å². The van der Waals surface area contributed by atoms with E-state index in [1.807, 2.05) is 6.92 Å². The quantitative estimate of drug-likeness (QED) is 0.804. The summed E-state index contributed by atoms with van der Waals surface area (Å²) in [5.74, 6) is -0.215.